The number of aromatic nitrogens is 1. The van der Waals surface area contributed by atoms with Crippen molar-refractivity contribution in [3.05, 3.63) is 65.4 Å². The lowest BCUT2D eigenvalue weighted by molar-refractivity contribution is -0.119. The zero-order valence-electron chi connectivity index (χ0n) is 14.9. The molecule has 0 bridgehead atoms. The Bertz CT molecular complexity index is 983. The summed E-state index contributed by atoms with van der Waals surface area (Å²) in [6.07, 6.45) is 4.22. The monoisotopic (exact) mass is 369 g/mol. The summed E-state index contributed by atoms with van der Waals surface area (Å²) in [5.74, 6) is -1.83. The Balaban J connectivity index is 1.36. The van der Waals surface area contributed by atoms with Gasteiger partial charge in [-0.25, -0.2) is 8.78 Å². The van der Waals surface area contributed by atoms with E-state index < -0.39 is 11.6 Å². The molecule has 0 spiro atoms. The molecule has 1 amide bonds. The smallest absolute Gasteiger partial charge is 0.239 e. The summed E-state index contributed by atoms with van der Waals surface area (Å²) in [6, 6.07) is 10.5. The molecule has 0 radical (unpaired) electrons. The van der Waals surface area contributed by atoms with E-state index in [2.05, 4.69) is 16.4 Å². The number of H-pyrrole nitrogens is 1. The van der Waals surface area contributed by atoms with Gasteiger partial charge in [-0.2, -0.15) is 0 Å². The highest BCUT2D eigenvalue weighted by molar-refractivity contribution is 5.84. The van der Waals surface area contributed by atoms with Crippen LogP contribution in [0.25, 0.3) is 10.9 Å². The van der Waals surface area contributed by atoms with Crippen LogP contribution in [0.15, 0.2) is 42.6 Å². The van der Waals surface area contributed by atoms with E-state index in [0.717, 1.165) is 34.9 Å². The number of carbonyl (C=O) groups is 1. The molecule has 4 rings (SSSR count). The highest BCUT2D eigenvalue weighted by Crippen LogP contribution is 2.29. The van der Waals surface area contributed by atoms with Crippen LogP contribution in [0.5, 0.6) is 0 Å². The second kappa shape index (κ2) is 7.39. The van der Waals surface area contributed by atoms with Gasteiger partial charge in [0.1, 0.15) is 0 Å². The Hall–Kier alpha value is -2.89. The molecule has 0 atom stereocenters. The summed E-state index contributed by atoms with van der Waals surface area (Å²) in [5.41, 5.74) is 3.61. The quantitative estimate of drug-likeness (QED) is 0.723. The van der Waals surface area contributed by atoms with Crippen LogP contribution in [-0.4, -0.2) is 30.5 Å². The van der Waals surface area contributed by atoms with Gasteiger partial charge < -0.3 is 15.2 Å². The highest BCUT2D eigenvalue weighted by Gasteiger charge is 2.21. The Kier molecular flexibility index (Phi) is 4.79. The fourth-order valence-electron chi connectivity index (χ4n) is 3.72. The number of aromatic amines is 1. The highest BCUT2D eigenvalue weighted by atomic mass is 19.2. The molecule has 2 heterocycles. The van der Waals surface area contributed by atoms with Crippen molar-refractivity contribution in [3.63, 3.8) is 0 Å². The molecule has 3 aromatic rings. The molecule has 0 saturated heterocycles. The molecule has 0 unspecified atom stereocenters. The fraction of sp³-hybridized carbons (Fsp3) is 0.286. The summed E-state index contributed by atoms with van der Waals surface area (Å²) in [6.45, 7) is 1.33. The molecule has 0 aliphatic carbocycles. The topological polar surface area (TPSA) is 48.1 Å². The first-order valence-corrected chi connectivity index (χ1v) is 9.16. The van der Waals surface area contributed by atoms with Crippen LogP contribution >= 0.6 is 0 Å². The Morgan fingerprint density at radius 2 is 2.00 bits per heavy atom. The molecule has 1 aromatic heterocycles. The minimum atomic E-state index is -0.875. The molecular formula is C21H21F2N3O. The summed E-state index contributed by atoms with van der Waals surface area (Å²) in [4.78, 5) is 17.4. The molecule has 1 aliphatic rings. The third-order valence-electron chi connectivity index (χ3n) is 5.06. The van der Waals surface area contributed by atoms with E-state index in [1.807, 2.05) is 29.3 Å². The molecule has 6 heteroatoms. The second-order valence-electron chi connectivity index (χ2n) is 6.88. The lowest BCUT2D eigenvalue weighted by Crippen LogP contribution is -2.40. The van der Waals surface area contributed by atoms with Crippen molar-refractivity contribution in [2.75, 3.05) is 24.5 Å². The summed E-state index contributed by atoms with van der Waals surface area (Å²) >= 11 is 0. The Morgan fingerprint density at radius 3 is 2.89 bits per heavy atom. The van der Waals surface area contributed by atoms with Crippen molar-refractivity contribution in [3.8, 4) is 0 Å². The van der Waals surface area contributed by atoms with Crippen LogP contribution < -0.4 is 10.2 Å². The van der Waals surface area contributed by atoms with Gasteiger partial charge in [0.25, 0.3) is 0 Å². The summed E-state index contributed by atoms with van der Waals surface area (Å²) < 4.78 is 27.0. The van der Waals surface area contributed by atoms with Gasteiger partial charge >= 0.3 is 0 Å². The first-order valence-electron chi connectivity index (χ1n) is 9.16. The van der Waals surface area contributed by atoms with Crippen molar-refractivity contribution in [2.45, 2.75) is 19.3 Å². The van der Waals surface area contributed by atoms with Crippen molar-refractivity contribution >= 4 is 22.5 Å². The minimum Gasteiger partial charge on any atom is -0.362 e. The zero-order chi connectivity index (χ0) is 18.8. The minimum absolute atomic E-state index is 0.118. The van der Waals surface area contributed by atoms with Crippen molar-refractivity contribution in [1.29, 1.82) is 0 Å². The average molecular weight is 369 g/mol. The number of anilines is 1. The number of carbonyl (C=O) groups excluding carboxylic acids is 1. The first kappa shape index (κ1) is 17.5. The van der Waals surface area contributed by atoms with Gasteiger partial charge in [-0.15, -0.1) is 0 Å². The number of rotatable bonds is 5. The molecule has 27 heavy (non-hydrogen) atoms. The maximum atomic E-state index is 13.6. The van der Waals surface area contributed by atoms with Crippen LogP contribution in [0.4, 0.5) is 14.5 Å². The molecule has 2 N–H and O–H groups in total. The molecule has 2 aromatic carbocycles. The van der Waals surface area contributed by atoms with E-state index >= 15 is 0 Å². The third-order valence-corrected chi connectivity index (χ3v) is 5.06. The third kappa shape index (κ3) is 3.65. The van der Waals surface area contributed by atoms with Crippen LogP contribution in [0.2, 0.25) is 0 Å². The maximum absolute atomic E-state index is 13.6. The van der Waals surface area contributed by atoms with Gasteiger partial charge in [0.2, 0.25) is 5.91 Å². The predicted octanol–water partition coefficient (Wildman–Crippen LogP) is 3.56. The van der Waals surface area contributed by atoms with Gasteiger partial charge in [0, 0.05) is 41.9 Å². The number of aryl methyl sites for hydroxylation is 1. The van der Waals surface area contributed by atoms with E-state index in [-0.39, 0.29) is 12.5 Å². The van der Waals surface area contributed by atoms with E-state index in [1.165, 1.54) is 12.1 Å². The summed E-state index contributed by atoms with van der Waals surface area (Å²) in [7, 11) is 0. The maximum Gasteiger partial charge on any atom is 0.239 e. The summed E-state index contributed by atoms with van der Waals surface area (Å²) in [5, 5.41) is 4.09. The van der Waals surface area contributed by atoms with Gasteiger partial charge in [-0.1, -0.05) is 18.2 Å². The SMILES string of the molecule is O=C(CN1CCCc2cc(F)c(F)cc21)NCCc1c[nH]c2ccccc12. The number of halogens is 2. The van der Waals surface area contributed by atoms with Gasteiger partial charge in [-0.3, -0.25) is 4.79 Å². The molecule has 1 aliphatic heterocycles. The molecule has 140 valence electrons. The average Bonchev–Trinajstić information content (AvgIpc) is 3.07. The number of hydrogen-bond donors (Lipinski definition) is 2. The van der Waals surface area contributed by atoms with Gasteiger partial charge in [0.15, 0.2) is 11.6 Å². The lowest BCUT2D eigenvalue weighted by atomic mass is 10.0. The van der Waals surface area contributed by atoms with E-state index in [0.29, 0.717) is 25.2 Å². The van der Waals surface area contributed by atoms with E-state index in [9.17, 15) is 13.6 Å². The number of nitrogens with zero attached hydrogens (tertiary/aromatic N) is 1. The van der Waals surface area contributed by atoms with Gasteiger partial charge in [-0.05, 0) is 42.5 Å². The first-order chi connectivity index (χ1) is 13.1. The van der Waals surface area contributed by atoms with Crippen molar-refractivity contribution in [2.24, 2.45) is 0 Å². The Morgan fingerprint density at radius 1 is 1.19 bits per heavy atom. The van der Waals surface area contributed by atoms with E-state index in [1.54, 1.807) is 0 Å². The lowest BCUT2D eigenvalue weighted by Gasteiger charge is -2.30. The number of amides is 1. The number of hydrogen-bond acceptors (Lipinski definition) is 2. The number of benzene rings is 2. The van der Waals surface area contributed by atoms with Crippen LogP contribution in [0.3, 0.4) is 0 Å². The van der Waals surface area contributed by atoms with Crippen LogP contribution in [-0.2, 0) is 17.6 Å². The molecule has 4 nitrogen and oxygen atoms in total. The van der Waals surface area contributed by atoms with Crippen molar-refractivity contribution < 1.29 is 13.6 Å². The predicted molar refractivity (Wildman–Crippen MR) is 102 cm³/mol. The Labute approximate surface area is 156 Å². The standard InChI is InChI=1S/C21H21F2N3O/c22-17-10-14-4-3-9-26(20(14)11-18(17)23)13-21(27)24-8-7-15-12-25-19-6-2-1-5-16(15)19/h1-2,5-6,10-12,25H,3-4,7-9,13H2,(H,24,27). The largest absolute Gasteiger partial charge is 0.362 e. The number of nitrogens with one attached hydrogen (secondary N) is 2. The fourth-order valence-corrected chi connectivity index (χ4v) is 3.72. The normalized spacial score (nSPS) is 13.6. The van der Waals surface area contributed by atoms with E-state index in [4.69, 9.17) is 0 Å². The molecular weight excluding hydrogens is 348 g/mol. The second-order valence-corrected chi connectivity index (χ2v) is 6.88. The van der Waals surface area contributed by atoms with Gasteiger partial charge in [0.05, 0.1) is 6.54 Å². The molecule has 0 fully saturated rings. The molecule has 0 saturated carbocycles. The van der Waals surface area contributed by atoms with Crippen LogP contribution in [0, 0.1) is 11.6 Å². The van der Waals surface area contributed by atoms with Crippen LogP contribution in [0.1, 0.15) is 17.5 Å². The van der Waals surface area contributed by atoms with Crippen molar-refractivity contribution in [1.82, 2.24) is 10.3 Å². The zero-order valence-corrected chi connectivity index (χ0v) is 14.9. The number of para-hydroxylation sites is 1. The number of fused-ring (bicyclic) bond motifs is 2.